The van der Waals surface area contributed by atoms with E-state index in [1.807, 2.05) is 4.90 Å². The van der Waals surface area contributed by atoms with Gasteiger partial charge in [-0.1, -0.05) is 349 Å². The van der Waals surface area contributed by atoms with Gasteiger partial charge >= 0.3 is 0 Å². The molecule has 0 aliphatic heterocycles. The summed E-state index contributed by atoms with van der Waals surface area (Å²) in [5.41, 5.74) is 0. The zero-order valence-electron chi connectivity index (χ0n) is 62.6. The molecule has 0 radical (unpaired) electrons. The lowest BCUT2D eigenvalue weighted by atomic mass is 10.1. The lowest BCUT2D eigenvalue weighted by molar-refractivity contribution is -0.126. The van der Waals surface area contributed by atoms with E-state index in [9.17, 15) is 24.6 Å². The first-order valence-corrected chi connectivity index (χ1v) is 41.2. The number of unbranched alkanes of at least 4 members (excludes halogenated alkanes) is 50. The van der Waals surface area contributed by atoms with Crippen LogP contribution in [0.25, 0.3) is 0 Å². The normalized spacial score (nSPS) is 12.5. The maximum Gasteiger partial charge on any atom is 0.234 e. The molecule has 0 aliphatic rings. The van der Waals surface area contributed by atoms with Crippen molar-refractivity contribution in [3.05, 3.63) is 0 Å². The number of hydrogen-bond acceptors (Lipinski definition) is 9. The molecule has 0 heterocycles. The predicted octanol–water partition coefficient (Wildman–Crippen LogP) is 19.5. The van der Waals surface area contributed by atoms with Crippen LogP contribution in [0.4, 0.5) is 0 Å². The van der Waals surface area contributed by atoms with E-state index in [0.29, 0.717) is 32.7 Å². The highest BCUT2D eigenvalue weighted by Crippen LogP contribution is 2.17. The van der Waals surface area contributed by atoms with Crippen molar-refractivity contribution in [1.29, 1.82) is 0 Å². The molecule has 0 aromatic heterocycles. The van der Waals surface area contributed by atoms with Gasteiger partial charge in [0.2, 0.25) is 17.7 Å². The van der Waals surface area contributed by atoms with Gasteiger partial charge in [-0.05, 0) is 71.1 Å². The zero-order chi connectivity index (χ0) is 66.9. The molecule has 0 aromatic rings. The second-order valence-corrected chi connectivity index (χ2v) is 28.8. The van der Waals surface area contributed by atoms with Crippen molar-refractivity contribution >= 4 is 17.7 Å². The Kier molecular flexibility index (Phi) is 73.5. The standard InChI is InChI=1S/C80H163N7O5/c1-6-11-16-21-26-31-36-38-43-48-53-58-65-85(71-76(88)69-81-70-78(90)82-62-55-50-45-40-33-28-23-18-13-8-3)67-60-61-68-86(66-59-54-49-44-39-37-32-27-22-17-12-7-2)72-77(89)73-87(74-79(91)83-63-56-51-46-41-34-29-24-19-14-9-4)75-80(92)84-64-57-52-47-42-35-30-25-20-15-10-5/h76-77,81,88-89H,6-75H2,1-5H3,(H,82,90)(H,83,91)(H,84,92). The minimum absolute atomic E-state index is 0.00738. The Morgan fingerprint density at radius 1 is 0.261 bits per heavy atom. The van der Waals surface area contributed by atoms with Crippen molar-refractivity contribution in [2.75, 3.05) is 91.6 Å². The second kappa shape index (κ2) is 75.0. The quantitative estimate of drug-likeness (QED) is 0.0327. The third-order valence-electron chi connectivity index (χ3n) is 19.2. The van der Waals surface area contributed by atoms with Crippen molar-refractivity contribution < 1.29 is 24.6 Å². The molecule has 3 amide bonds. The molecule has 0 aliphatic carbocycles. The van der Waals surface area contributed by atoms with Crippen molar-refractivity contribution in [2.45, 2.75) is 406 Å². The van der Waals surface area contributed by atoms with Gasteiger partial charge in [-0.2, -0.15) is 0 Å². The molecule has 0 saturated carbocycles. The summed E-state index contributed by atoms with van der Waals surface area (Å²) in [6.45, 7) is 19.2. The fraction of sp³-hybridized carbons (Fsp3) is 0.963. The molecule has 12 heteroatoms. The molecule has 2 atom stereocenters. The van der Waals surface area contributed by atoms with Crippen LogP contribution in [0.3, 0.4) is 0 Å². The monoisotopic (exact) mass is 1300 g/mol. The number of hydrogen-bond donors (Lipinski definition) is 6. The van der Waals surface area contributed by atoms with Crippen molar-refractivity contribution in [1.82, 2.24) is 36.0 Å². The summed E-state index contributed by atoms with van der Waals surface area (Å²) < 4.78 is 0. The van der Waals surface area contributed by atoms with Gasteiger partial charge in [-0.15, -0.1) is 0 Å². The highest BCUT2D eigenvalue weighted by atomic mass is 16.3. The first-order valence-electron chi connectivity index (χ1n) is 41.2. The summed E-state index contributed by atoms with van der Waals surface area (Å²) in [6.07, 6.45) is 70.0. The lowest BCUT2D eigenvalue weighted by Gasteiger charge is -2.29. The van der Waals surface area contributed by atoms with Crippen LogP contribution < -0.4 is 21.3 Å². The Bertz CT molecular complexity index is 1450. The molecule has 0 saturated heterocycles. The van der Waals surface area contributed by atoms with E-state index >= 15 is 0 Å². The van der Waals surface area contributed by atoms with Crippen molar-refractivity contribution in [3.63, 3.8) is 0 Å². The van der Waals surface area contributed by atoms with Crippen LogP contribution in [0.5, 0.6) is 0 Å². The van der Waals surface area contributed by atoms with Crippen LogP contribution >= 0.6 is 0 Å². The van der Waals surface area contributed by atoms with Gasteiger partial charge in [-0.3, -0.25) is 19.3 Å². The van der Waals surface area contributed by atoms with Crippen molar-refractivity contribution in [3.8, 4) is 0 Å². The average Bonchev–Trinajstić information content (AvgIpc) is 2.80. The van der Waals surface area contributed by atoms with Gasteiger partial charge in [0.1, 0.15) is 0 Å². The van der Waals surface area contributed by atoms with Gasteiger partial charge < -0.3 is 41.3 Å². The topological polar surface area (TPSA) is 150 Å². The van der Waals surface area contributed by atoms with Gasteiger partial charge in [0.25, 0.3) is 0 Å². The van der Waals surface area contributed by atoms with E-state index in [1.54, 1.807) is 0 Å². The molecule has 92 heavy (non-hydrogen) atoms. The third-order valence-corrected chi connectivity index (χ3v) is 19.2. The van der Waals surface area contributed by atoms with Gasteiger partial charge in [0, 0.05) is 45.8 Å². The largest absolute Gasteiger partial charge is 0.390 e. The summed E-state index contributed by atoms with van der Waals surface area (Å²) in [7, 11) is 0. The minimum Gasteiger partial charge on any atom is -0.390 e. The van der Waals surface area contributed by atoms with E-state index in [-0.39, 0.29) is 43.9 Å². The third kappa shape index (κ3) is 69.5. The molecule has 0 spiro atoms. The predicted molar refractivity (Wildman–Crippen MR) is 400 cm³/mol. The number of carbonyl (C=O) groups excluding carboxylic acids is 3. The second-order valence-electron chi connectivity index (χ2n) is 28.8. The summed E-state index contributed by atoms with van der Waals surface area (Å²) in [4.78, 5) is 46.6. The van der Waals surface area contributed by atoms with Gasteiger partial charge in [0.05, 0.1) is 31.8 Å². The average molecular weight is 1300 g/mol. The number of carbonyl (C=O) groups is 3. The number of aliphatic hydroxyl groups is 2. The molecule has 0 fully saturated rings. The van der Waals surface area contributed by atoms with Crippen LogP contribution in [0.15, 0.2) is 0 Å². The summed E-state index contributed by atoms with van der Waals surface area (Å²) in [5, 5.41) is 36.0. The van der Waals surface area contributed by atoms with E-state index in [1.165, 1.54) is 295 Å². The molecule has 0 aromatic carbocycles. The highest BCUT2D eigenvalue weighted by molar-refractivity contribution is 5.81. The van der Waals surface area contributed by atoms with E-state index in [4.69, 9.17) is 0 Å². The lowest BCUT2D eigenvalue weighted by Crippen LogP contribution is -2.48. The summed E-state index contributed by atoms with van der Waals surface area (Å²) in [5.74, 6) is -0.135. The van der Waals surface area contributed by atoms with E-state index < -0.39 is 12.2 Å². The smallest absolute Gasteiger partial charge is 0.234 e. The molecule has 0 rings (SSSR count). The zero-order valence-corrected chi connectivity index (χ0v) is 62.6. The number of amides is 3. The molecular weight excluding hydrogens is 1140 g/mol. The molecule has 12 nitrogen and oxygen atoms in total. The molecular formula is C80H163N7O5. The highest BCUT2D eigenvalue weighted by Gasteiger charge is 2.21. The van der Waals surface area contributed by atoms with E-state index in [2.05, 4.69) is 65.7 Å². The van der Waals surface area contributed by atoms with Gasteiger partial charge in [-0.25, -0.2) is 0 Å². The molecule has 2 unspecified atom stereocenters. The number of aliphatic hydroxyl groups excluding tert-OH is 2. The first kappa shape index (κ1) is 90.2. The van der Waals surface area contributed by atoms with Crippen LogP contribution in [-0.4, -0.2) is 146 Å². The van der Waals surface area contributed by atoms with Crippen LogP contribution in [0, 0.1) is 0 Å². The number of rotatable bonds is 78. The van der Waals surface area contributed by atoms with Gasteiger partial charge in [0.15, 0.2) is 0 Å². The number of nitrogens with one attached hydrogen (secondary N) is 4. The Hall–Kier alpha value is -1.83. The van der Waals surface area contributed by atoms with Crippen LogP contribution in [0.1, 0.15) is 394 Å². The number of nitrogens with zero attached hydrogens (tertiary/aromatic N) is 3. The summed E-state index contributed by atoms with van der Waals surface area (Å²) >= 11 is 0. The Morgan fingerprint density at radius 3 is 0.739 bits per heavy atom. The fourth-order valence-corrected chi connectivity index (χ4v) is 13.3. The Labute approximate surface area is 573 Å². The minimum atomic E-state index is -0.705. The fourth-order valence-electron chi connectivity index (χ4n) is 13.3. The SMILES string of the molecule is CCCCCCCCCCCCCCN(CCCCN(CCCCCCCCCCCCCC)CC(O)CN(CC(=O)NCCCCCCCCCCCC)CC(=O)NCCCCCCCCCCCC)CC(O)CNCC(=O)NCCCCCCCCCCCC. The van der Waals surface area contributed by atoms with Crippen molar-refractivity contribution in [2.24, 2.45) is 0 Å². The van der Waals surface area contributed by atoms with Crippen LogP contribution in [0.2, 0.25) is 0 Å². The molecule has 548 valence electrons. The molecule has 6 N–H and O–H groups in total. The molecule has 0 bridgehead atoms. The Morgan fingerprint density at radius 2 is 0.467 bits per heavy atom. The maximum absolute atomic E-state index is 13.5. The summed E-state index contributed by atoms with van der Waals surface area (Å²) in [6, 6.07) is 0. The van der Waals surface area contributed by atoms with E-state index in [0.717, 1.165) is 96.9 Å². The Balaban J connectivity index is 5.78. The maximum atomic E-state index is 13.5. The first-order chi connectivity index (χ1) is 45.2. The van der Waals surface area contributed by atoms with Crippen LogP contribution in [-0.2, 0) is 14.4 Å².